The molecule has 0 atom stereocenters. The van der Waals surface area contributed by atoms with E-state index in [2.05, 4.69) is 12.1 Å². The lowest BCUT2D eigenvalue weighted by Gasteiger charge is -2.63. The molecule has 1 saturated heterocycles. The number of nitrogens with zero attached hydrogens (tertiary/aromatic N) is 1. The normalized spacial score (nSPS) is 36.8. The zero-order valence-corrected chi connectivity index (χ0v) is 18.6. The van der Waals surface area contributed by atoms with Crippen LogP contribution in [-0.4, -0.2) is 55.7 Å². The third kappa shape index (κ3) is 3.48. The molecule has 2 amide bonds. The van der Waals surface area contributed by atoms with Gasteiger partial charge < -0.3 is 10.0 Å². The number of sulfonamides is 1. The number of rotatable bonds is 5. The zero-order chi connectivity index (χ0) is 22.0. The Balaban J connectivity index is 1.35. The molecule has 1 heterocycles. The summed E-state index contributed by atoms with van der Waals surface area (Å²) in [6, 6.07) is 10.4. The van der Waals surface area contributed by atoms with Crippen LogP contribution in [0, 0.1) is 29.6 Å². The standard InChI is InChI=1S/C23H30N2O5S/c1-31(29,30)24-22(28)16-12-25(13-16)20(26)11-23(17-5-3-2-4-6-17)18-7-14-8-19(23)10-15(9-18)21(14)27/h2-6,14-16,18-19,21,27H,7-13H2,1H3,(H,24,28). The number of nitrogens with one attached hydrogen (secondary N) is 1. The second-order valence-corrected chi connectivity index (χ2v) is 11.9. The zero-order valence-electron chi connectivity index (χ0n) is 17.7. The van der Waals surface area contributed by atoms with Crippen molar-refractivity contribution >= 4 is 21.8 Å². The van der Waals surface area contributed by atoms with Crippen LogP contribution in [0.3, 0.4) is 0 Å². The van der Waals surface area contributed by atoms with E-state index in [1.165, 1.54) is 5.56 Å². The molecule has 0 unspecified atom stereocenters. The first-order valence-corrected chi connectivity index (χ1v) is 13.1. The lowest BCUT2D eigenvalue weighted by molar-refractivity contribution is -0.157. The van der Waals surface area contributed by atoms with Crippen molar-refractivity contribution in [3.05, 3.63) is 35.9 Å². The van der Waals surface area contributed by atoms with E-state index in [-0.39, 0.29) is 30.5 Å². The monoisotopic (exact) mass is 446 g/mol. The smallest absolute Gasteiger partial charge is 0.240 e. The molecule has 31 heavy (non-hydrogen) atoms. The fraction of sp³-hybridized carbons (Fsp3) is 0.652. The molecule has 6 rings (SSSR count). The summed E-state index contributed by atoms with van der Waals surface area (Å²) in [4.78, 5) is 27.1. The molecule has 7 nitrogen and oxygen atoms in total. The van der Waals surface area contributed by atoms with Gasteiger partial charge in [0.05, 0.1) is 18.3 Å². The number of benzene rings is 1. The van der Waals surface area contributed by atoms with Gasteiger partial charge in [0.25, 0.3) is 0 Å². The molecule has 4 bridgehead atoms. The Morgan fingerprint density at radius 1 is 1.06 bits per heavy atom. The summed E-state index contributed by atoms with van der Waals surface area (Å²) in [6.07, 6.45) is 5.06. The van der Waals surface area contributed by atoms with Crippen LogP contribution in [-0.2, 0) is 25.0 Å². The molecule has 0 aromatic heterocycles. The second-order valence-electron chi connectivity index (χ2n) is 10.2. The van der Waals surface area contributed by atoms with Gasteiger partial charge in [-0.1, -0.05) is 30.3 Å². The van der Waals surface area contributed by atoms with Gasteiger partial charge in [0.2, 0.25) is 21.8 Å². The summed E-state index contributed by atoms with van der Waals surface area (Å²) in [5, 5.41) is 10.6. The van der Waals surface area contributed by atoms with Crippen molar-refractivity contribution in [2.24, 2.45) is 29.6 Å². The van der Waals surface area contributed by atoms with Crippen LogP contribution in [0.1, 0.15) is 37.7 Å². The lowest BCUT2D eigenvalue weighted by atomic mass is 9.42. The van der Waals surface area contributed by atoms with Crippen LogP contribution in [0.2, 0.25) is 0 Å². The molecule has 0 radical (unpaired) electrons. The van der Waals surface area contributed by atoms with E-state index < -0.39 is 21.8 Å². The Kier molecular flexibility index (Phi) is 4.93. The number of carbonyl (C=O) groups is 2. The van der Waals surface area contributed by atoms with Crippen molar-refractivity contribution in [2.75, 3.05) is 19.3 Å². The first kappa shape index (κ1) is 20.9. The SMILES string of the molecule is CS(=O)(=O)NC(=O)C1CN(C(=O)CC2(c3ccccc3)C3CC4CC2CC(C3)C4O)C1. The highest BCUT2D eigenvalue weighted by atomic mass is 32.2. The van der Waals surface area contributed by atoms with E-state index in [1.54, 1.807) is 4.90 Å². The highest BCUT2D eigenvalue weighted by molar-refractivity contribution is 7.89. The first-order valence-electron chi connectivity index (χ1n) is 11.2. The van der Waals surface area contributed by atoms with Crippen LogP contribution >= 0.6 is 0 Å². The van der Waals surface area contributed by atoms with Gasteiger partial charge in [-0.05, 0) is 54.9 Å². The van der Waals surface area contributed by atoms with Crippen LogP contribution in [0.4, 0.5) is 0 Å². The number of aliphatic hydroxyl groups excluding tert-OH is 1. The van der Waals surface area contributed by atoms with E-state index in [0.29, 0.717) is 30.1 Å². The number of aliphatic hydroxyl groups is 1. The molecule has 1 aromatic rings. The van der Waals surface area contributed by atoms with Crippen molar-refractivity contribution in [1.29, 1.82) is 0 Å². The Hall–Kier alpha value is -1.93. The van der Waals surface area contributed by atoms with Crippen molar-refractivity contribution in [3.63, 3.8) is 0 Å². The van der Waals surface area contributed by atoms with Crippen molar-refractivity contribution in [3.8, 4) is 0 Å². The number of carbonyl (C=O) groups excluding carboxylic acids is 2. The van der Waals surface area contributed by atoms with Gasteiger partial charge >= 0.3 is 0 Å². The molecule has 5 fully saturated rings. The maximum atomic E-state index is 13.3. The van der Waals surface area contributed by atoms with E-state index in [1.807, 2.05) is 22.9 Å². The largest absolute Gasteiger partial charge is 0.393 e. The lowest BCUT2D eigenvalue weighted by Crippen LogP contribution is -2.62. The predicted molar refractivity (Wildman–Crippen MR) is 114 cm³/mol. The molecule has 2 N–H and O–H groups in total. The topological polar surface area (TPSA) is 104 Å². The van der Waals surface area contributed by atoms with E-state index in [4.69, 9.17) is 0 Å². The van der Waals surface area contributed by atoms with Gasteiger partial charge in [0.1, 0.15) is 0 Å². The molecule has 1 aliphatic heterocycles. The van der Waals surface area contributed by atoms with Crippen molar-refractivity contribution in [2.45, 2.75) is 43.6 Å². The molecule has 4 aliphatic carbocycles. The van der Waals surface area contributed by atoms with E-state index in [0.717, 1.165) is 31.9 Å². The predicted octanol–water partition coefficient (Wildman–Crippen LogP) is 1.28. The van der Waals surface area contributed by atoms with Gasteiger partial charge in [-0.2, -0.15) is 0 Å². The molecular formula is C23H30N2O5S. The Morgan fingerprint density at radius 3 is 2.13 bits per heavy atom. The van der Waals surface area contributed by atoms with E-state index >= 15 is 0 Å². The molecule has 5 aliphatic rings. The second kappa shape index (κ2) is 7.30. The molecule has 1 aromatic carbocycles. The molecule has 168 valence electrons. The highest BCUT2D eigenvalue weighted by Crippen LogP contribution is 2.64. The van der Waals surface area contributed by atoms with E-state index in [9.17, 15) is 23.1 Å². The summed E-state index contributed by atoms with van der Waals surface area (Å²) < 4.78 is 24.6. The van der Waals surface area contributed by atoms with Crippen molar-refractivity contribution in [1.82, 2.24) is 9.62 Å². The maximum Gasteiger partial charge on any atom is 0.240 e. The molecular weight excluding hydrogens is 416 g/mol. The van der Waals surface area contributed by atoms with Gasteiger partial charge in [-0.25, -0.2) is 8.42 Å². The third-order valence-corrected chi connectivity index (χ3v) is 8.99. The number of hydrogen-bond donors (Lipinski definition) is 2. The minimum atomic E-state index is -3.59. The molecule has 0 spiro atoms. The molecule has 8 heteroatoms. The average molecular weight is 447 g/mol. The number of hydrogen-bond acceptors (Lipinski definition) is 5. The van der Waals surface area contributed by atoms with Crippen molar-refractivity contribution < 1.29 is 23.1 Å². The molecule has 4 saturated carbocycles. The van der Waals surface area contributed by atoms with Crippen LogP contribution < -0.4 is 4.72 Å². The summed E-state index contributed by atoms with van der Waals surface area (Å²) in [6.45, 7) is 0.536. The first-order chi connectivity index (χ1) is 14.7. The Morgan fingerprint density at radius 2 is 1.61 bits per heavy atom. The fourth-order valence-corrected chi connectivity index (χ4v) is 7.58. The summed E-state index contributed by atoms with van der Waals surface area (Å²) >= 11 is 0. The average Bonchev–Trinajstić information content (AvgIpc) is 2.64. The van der Waals surface area contributed by atoms with Crippen LogP contribution in [0.5, 0.6) is 0 Å². The fourth-order valence-electron chi connectivity index (χ4n) is 7.05. The van der Waals surface area contributed by atoms with Gasteiger partial charge in [-0.3, -0.25) is 14.3 Å². The Labute approximate surface area is 183 Å². The summed E-state index contributed by atoms with van der Waals surface area (Å²) in [7, 11) is -3.59. The van der Waals surface area contributed by atoms with Crippen LogP contribution in [0.15, 0.2) is 30.3 Å². The minimum Gasteiger partial charge on any atom is -0.393 e. The van der Waals surface area contributed by atoms with Gasteiger partial charge in [0, 0.05) is 24.9 Å². The quantitative estimate of drug-likeness (QED) is 0.709. The summed E-state index contributed by atoms with van der Waals surface area (Å²) in [5.41, 5.74) is 1.00. The number of amides is 2. The third-order valence-electron chi connectivity index (χ3n) is 8.42. The Bertz CT molecular complexity index is 956. The highest BCUT2D eigenvalue weighted by Gasteiger charge is 2.61. The maximum absolute atomic E-state index is 13.3. The number of likely N-dealkylation sites (tertiary alicyclic amines) is 1. The minimum absolute atomic E-state index is 0.0419. The summed E-state index contributed by atoms with van der Waals surface area (Å²) in [5.74, 6) is 0.504. The van der Waals surface area contributed by atoms with Gasteiger partial charge in [-0.15, -0.1) is 0 Å². The van der Waals surface area contributed by atoms with Gasteiger partial charge in [0.15, 0.2) is 0 Å². The van der Waals surface area contributed by atoms with Crippen LogP contribution in [0.25, 0.3) is 0 Å².